The predicted octanol–water partition coefficient (Wildman–Crippen LogP) is 1.53. The Morgan fingerprint density at radius 2 is 2.40 bits per heavy atom. The van der Waals surface area contributed by atoms with Crippen LogP contribution in [0.1, 0.15) is 20.3 Å². The fourth-order valence-electron chi connectivity index (χ4n) is 1.08. The first-order valence-corrected chi connectivity index (χ1v) is 3.90. The smallest absolute Gasteiger partial charge is 0.157 e. The lowest BCUT2D eigenvalue weighted by Crippen LogP contribution is -2.22. The third-order valence-electron chi connectivity index (χ3n) is 1.62. The number of thiocarbonyl (C=S) groups is 1. The average Bonchev–Trinajstić information content (AvgIpc) is 2.15. The summed E-state index contributed by atoms with van der Waals surface area (Å²) in [7, 11) is 0. The zero-order valence-electron chi connectivity index (χ0n) is 6.29. The summed E-state index contributed by atoms with van der Waals surface area (Å²) in [4.78, 5) is 0. The summed E-state index contributed by atoms with van der Waals surface area (Å²) < 4.78 is 10.6. The highest BCUT2D eigenvalue weighted by atomic mass is 32.1. The van der Waals surface area contributed by atoms with E-state index in [1.807, 2.05) is 6.92 Å². The van der Waals surface area contributed by atoms with Crippen molar-refractivity contribution >= 4 is 17.3 Å². The van der Waals surface area contributed by atoms with Crippen molar-refractivity contribution in [3.8, 4) is 0 Å². The van der Waals surface area contributed by atoms with Crippen molar-refractivity contribution < 1.29 is 9.47 Å². The number of hydrogen-bond acceptors (Lipinski definition) is 3. The normalized spacial score (nSPS) is 32.2. The van der Waals surface area contributed by atoms with Crippen molar-refractivity contribution in [2.24, 2.45) is 0 Å². The van der Waals surface area contributed by atoms with Gasteiger partial charge in [-0.05, 0) is 19.1 Å². The molecule has 2 nitrogen and oxygen atoms in total. The third kappa shape index (κ3) is 1.92. The minimum absolute atomic E-state index is 0.192. The second-order valence-electron chi connectivity index (χ2n) is 2.51. The molecule has 1 rings (SSSR count). The summed E-state index contributed by atoms with van der Waals surface area (Å²) in [6.45, 7) is 4.60. The predicted molar refractivity (Wildman–Crippen MR) is 43.2 cm³/mol. The quantitative estimate of drug-likeness (QED) is 0.542. The second-order valence-corrected chi connectivity index (χ2v) is 3.09. The molecule has 2 unspecified atom stereocenters. The van der Waals surface area contributed by atoms with Gasteiger partial charge < -0.3 is 9.47 Å². The van der Waals surface area contributed by atoms with E-state index in [0.717, 1.165) is 13.0 Å². The SMILES string of the molecule is CC(=S)OC1CCOC1C. The van der Waals surface area contributed by atoms with Gasteiger partial charge in [-0.2, -0.15) is 0 Å². The van der Waals surface area contributed by atoms with E-state index in [1.54, 1.807) is 6.92 Å². The maximum atomic E-state index is 5.33. The maximum absolute atomic E-state index is 5.33. The van der Waals surface area contributed by atoms with E-state index in [1.165, 1.54) is 0 Å². The lowest BCUT2D eigenvalue weighted by molar-refractivity contribution is 0.0633. The lowest BCUT2D eigenvalue weighted by atomic mass is 10.2. The van der Waals surface area contributed by atoms with Crippen molar-refractivity contribution in [3.63, 3.8) is 0 Å². The monoisotopic (exact) mass is 160 g/mol. The van der Waals surface area contributed by atoms with Crippen LogP contribution in [0, 0.1) is 0 Å². The van der Waals surface area contributed by atoms with Crippen molar-refractivity contribution in [2.75, 3.05) is 6.61 Å². The molecule has 0 N–H and O–H groups in total. The Morgan fingerprint density at radius 3 is 2.80 bits per heavy atom. The van der Waals surface area contributed by atoms with Crippen LogP contribution < -0.4 is 0 Å². The molecular weight excluding hydrogens is 148 g/mol. The van der Waals surface area contributed by atoms with Gasteiger partial charge >= 0.3 is 0 Å². The molecular formula is C7H12O2S. The Balaban J connectivity index is 2.33. The van der Waals surface area contributed by atoms with Crippen LogP contribution in [0.4, 0.5) is 0 Å². The molecule has 2 atom stereocenters. The molecule has 0 radical (unpaired) electrons. The Labute approximate surface area is 66.5 Å². The maximum Gasteiger partial charge on any atom is 0.157 e. The zero-order valence-corrected chi connectivity index (χ0v) is 7.11. The molecule has 0 aromatic carbocycles. The van der Waals surface area contributed by atoms with Crippen LogP contribution in [-0.2, 0) is 9.47 Å². The van der Waals surface area contributed by atoms with Gasteiger partial charge in [0.1, 0.15) is 6.10 Å². The van der Waals surface area contributed by atoms with Crippen molar-refractivity contribution in [1.82, 2.24) is 0 Å². The fraction of sp³-hybridized carbons (Fsp3) is 0.857. The number of hydrogen-bond donors (Lipinski definition) is 0. The molecule has 3 heteroatoms. The molecule has 0 spiro atoms. The fourth-order valence-corrected chi connectivity index (χ4v) is 1.20. The van der Waals surface area contributed by atoms with E-state index in [0.29, 0.717) is 5.05 Å². The number of rotatable bonds is 1. The third-order valence-corrected chi connectivity index (χ3v) is 1.72. The minimum atomic E-state index is 0.192. The second kappa shape index (κ2) is 3.30. The molecule has 1 aliphatic heterocycles. The highest BCUT2D eigenvalue weighted by Crippen LogP contribution is 2.16. The summed E-state index contributed by atoms with van der Waals surface area (Å²) in [5.41, 5.74) is 0. The molecule has 0 saturated carbocycles. The molecule has 58 valence electrons. The Morgan fingerprint density at radius 1 is 1.70 bits per heavy atom. The van der Waals surface area contributed by atoms with Gasteiger partial charge in [-0.3, -0.25) is 0 Å². The largest absolute Gasteiger partial charge is 0.481 e. The Bertz CT molecular complexity index is 136. The van der Waals surface area contributed by atoms with E-state index < -0.39 is 0 Å². The van der Waals surface area contributed by atoms with Gasteiger partial charge in [-0.1, -0.05) is 0 Å². The van der Waals surface area contributed by atoms with Crippen LogP contribution in [0.25, 0.3) is 0 Å². The van der Waals surface area contributed by atoms with E-state index in [-0.39, 0.29) is 12.2 Å². The average molecular weight is 160 g/mol. The minimum Gasteiger partial charge on any atom is -0.481 e. The van der Waals surface area contributed by atoms with Crippen LogP contribution in [-0.4, -0.2) is 23.9 Å². The Kier molecular flexibility index (Phi) is 2.63. The van der Waals surface area contributed by atoms with Crippen LogP contribution in [0.15, 0.2) is 0 Å². The highest BCUT2D eigenvalue weighted by Gasteiger charge is 2.25. The Hall–Kier alpha value is -0.150. The van der Waals surface area contributed by atoms with Crippen LogP contribution in [0.3, 0.4) is 0 Å². The van der Waals surface area contributed by atoms with Crippen LogP contribution in [0.5, 0.6) is 0 Å². The van der Waals surface area contributed by atoms with Gasteiger partial charge in [0.2, 0.25) is 0 Å². The molecule has 0 aliphatic carbocycles. The van der Waals surface area contributed by atoms with E-state index in [4.69, 9.17) is 21.7 Å². The standard InChI is InChI=1S/C7H12O2S/c1-5-7(3-4-8-5)9-6(2)10/h5,7H,3-4H2,1-2H3. The van der Waals surface area contributed by atoms with Crippen LogP contribution in [0.2, 0.25) is 0 Å². The zero-order chi connectivity index (χ0) is 7.56. The van der Waals surface area contributed by atoms with E-state index >= 15 is 0 Å². The molecule has 1 fully saturated rings. The summed E-state index contributed by atoms with van der Waals surface area (Å²) in [6.07, 6.45) is 1.37. The molecule has 10 heavy (non-hydrogen) atoms. The van der Waals surface area contributed by atoms with E-state index in [2.05, 4.69) is 0 Å². The van der Waals surface area contributed by atoms with Gasteiger partial charge in [-0.25, -0.2) is 0 Å². The van der Waals surface area contributed by atoms with Gasteiger partial charge in [0, 0.05) is 13.3 Å². The van der Waals surface area contributed by atoms with E-state index in [9.17, 15) is 0 Å². The summed E-state index contributed by atoms with van der Waals surface area (Å²) in [5.74, 6) is 0. The first-order valence-electron chi connectivity index (χ1n) is 3.49. The van der Waals surface area contributed by atoms with Crippen molar-refractivity contribution in [1.29, 1.82) is 0 Å². The number of ether oxygens (including phenoxy) is 2. The highest BCUT2D eigenvalue weighted by molar-refractivity contribution is 7.80. The molecule has 1 saturated heterocycles. The molecule has 1 aliphatic rings. The summed E-state index contributed by atoms with van der Waals surface area (Å²) >= 11 is 4.81. The first kappa shape index (κ1) is 7.95. The molecule has 1 heterocycles. The van der Waals surface area contributed by atoms with Gasteiger partial charge in [0.15, 0.2) is 5.05 Å². The summed E-state index contributed by atoms with van der Waals surface area (Å²) in [5, 5.41) is 0.613. The topological polar surface area (TPSA) is 18.5 Å². The molecule has 0 amide bonds. The van der Waals surface area contributed by atoms with Crippen LogP contribution >= 0.6 is 12.2 Å². The first-order chi connectivity index (χ1) is 4.70. The lowest BCUT2D eigenvalue weighted by Gasteiger charge is -2.14. The molecule has 0 aromatic rings. The van der Waals surface area contributed by atoms with Gasteiger partial charge in [-0.15, -0.1) is 0 Å². The molecule has 0 bridgehead atoms. The van der Waals surface area contributed by atoms with Crippen molar-refractivity contribution in [3.05, 3.63) is 0 Å². The van der Waals surface area contributed by atoms with Gasteiger partial charge in [0.25, 0.3) is 0 Å². The van der Waals surface area contributed by atoms with Crippen molar-refractivity contribution in [2.45, 2.75) is 32.5 Å². The summed E-state index contributed by atoms with van der Waals surface area (Å²) in [6, 6.07) is 0. The molecule has 0 aromatic heterocycles. The van der Waals surface area contributed by atoms with Gasteiger partial charge in [0.05, 0.1) is 12.7 Å².